The molecule has 0 atom stereocenters. The predicted octanol–water partition coefficient (Wildman–Crippen LogP) is 4.37. The van der Waals surface area contributed by atoms with Gasteiger partial charge in [-0.1, -0.05) is 34.1 Å². The standard InChI is InChI=1S/C13H11Br2NO/c14-10-6-5-9(12(16)7-10)8-17-13-4-2-1-3-11(13)15/h1-7H,8,16H2. The summed E-state index contributed by atoms with van der Waals surface area (Å²) in [6, 6.07) is 13.5. The number of nitrogens with two attached hydrogens (primary N) is 1. The first kappa shape index (κ1) is 12.5. The summed E-state index contributed by atoms with van der Waals surface area (Å²) >= 11 is 6.81. The molecule has 0 amide bonds. The lowest BCUT2D eigenvalue weighted by Gasteiger charge is -2.10. The van der Waals surface area contributed by atoms with E-state index < -0.39 is 0 Å². The van der Waals surface area contributed by atoms with Gasteiger partial charge in [-0.25, -0.2) is 0 Å². The first-order valence-electron chi connectivity index (χ1n) is 5.08. The second kappa shape index (κ2) is 5.56. The van der Waals surface area contributed by atoms with Crippen molar-refractivity contribution in [1.29, 1.82) is 0 Å². The van der Waals surface area contributed by atoms with Crippen molar-refractivity contribution in [1.82, 2.24) is 0 Å². The highest BCUT2D eigenvalue weighted by atomic mass is 79.9. The number of rotatable bonds is 3. The van der Waals surface area contributed by atoms with Gasteiger partial charge < -0.3 is 10.5 Å². The monoisotopic (exact) mass is 355 g/mol. The van der Waals surface area contributed by atoms with Crippen LogP contribution in [0.1, 0.15) is 5.56 Å². The molecule has 0 aromatic heterocycles. The van der Waals surface area contributed by atoms with Gasteiger partial charge in [0.15, 0.2) is 0 Å². The van der Waals surface area contributed by atoms with Gasteiger partial charge in [-0.15, -0.1) is 0 Å². The summed E-state index contributed by atoms with van der Waals surface area (Å²) in [6.07, 6.45) is 0. The number of hydrogen-bond acceptors (Lipinski definition) is 2. The topological polar surface area (TPSA) is 35.2 Å². The Bertz CT molecular complexity index is 529. The molecule has 2 aromatic rings. The lowest BCUT2D eigenvalue weighted by molar-refractivity contribution is 0.305. The maximum Gasteiger partial charge on any atom is 0.133 e. The van der Waals surface area contributed by atoms with Crippen molar-refractivity contribution in [2.75, 3.05) is 5.73 Å². The quantitative estimate of drug-likeness (QED) is 0.828. The van der Waals surface area contributed by atoms with E-state index in [1.807, 2.05) is 42.5 Å². The zero-order valence-corrected chi connectivity index (χ0v) is 12.2. The van der Waals surface area contributed by atoms with Crippen LogP contribution in [0.5, 0.6) is 5.75 Å². The van der Waals surface area contributed by atoms with E-state index in [9.17, 15) is 0 Å². The molecule has 2 aromatic carbocycles. The zero-order chi connectivity index (χ0) is 12.3. The van der Waals surface area contributed by atoms with E-state index in [4.69, 9.17) is 10.5 Å². The van der Waals surface area contributed by atoms with E-state index in [0.29, 0.717) is 6.61 Å². The summed E-state index contributed by atoms with van der Waals surface area (Å²) in [4.78, 5) is 0. The highest BCUT2D eigenvalue weighted by Gasteiger charge is 2.03. The van der Waals surface area contributed by atoms with Crippen LogP contribution in [0, 0.1) is 0 Å². The molecule has 0 fully saturated rings. The minimum absolute atomic E-state index is 0.460. The van der Waals surface area contributed by atoms with E-state index in [-0.39, 0.29) is 0 Å². The average Bonchev–Trinajstić information content (AvgIpc) is 2.30. The molecule has 2 nitrogen and oxygen atoms in total. The molecule has 2 N–H and O–H groups in total. The molecule has 88 valence electrons. The maximum atomic E-state index is 5.90. The third-order valence-electron chi connectivity index (χ3n) is 2.33. The molecule has 0 heterocycles. The molecule has 0 aliphatic rings. The van der Waals surface area contributed by atoms with Crippen LogP contribution < -0.4 is 10.5 Å². The Kier molecular flexibility index (Phi) is 4.07. The number of benzene rings is 2. The lowest BCUT2D eigenvalue weighted by Crippen LogP contribution is -2.00. The molecule has 0 aliphatic carbocycles. The van der Waals surface area contributed by atoms with Crippen LogP contribution in [0.25, 0.3) is 0 Å². The van der Waals surface area contributed by atoms with Gasteiger partial charge >= 0.3 is 0 Å². The molecule has 2 rings (SSSR count). The van der Waals surface area contributed by atoms with Gasteiger partial charge in [0.1, 0.15) is 12.4 Å². The Morgan fingerprint density at radius 3 is 2.53 bits per heavy atom. The number of nitrogen functional groups attached to an aromatic ring is 1. The third-order valence-corrected chi connectivity index (χ3v) is 3.48. The fraction of sp³-hybridized carbons (Fsp3) is 0.0769. The number of halogens is 2. The number of hydrogen-bond donors (Lipinski definition) is 1. The van der Waals surface area contributed by atoms with Crippen LogP contribution in [0.3, 0.4) is 0 Å². The van der Waals surface area contributed by atoms with Crippen molar-refractivity contribution in [3.8, 4) is 5.75 Å². The summed E-state index contributed by atoms with van der Waals surface area (Å²) in [7, 11) is 0. The number of ether oxygens (including phenoxy) is 1. The Morgan fingerprint density at radius 2 is 1.82 bits per heavy atom. The highest BCUT2D eigenvalue weighted by Crippen LogP contribution is 2.26. The molecule has 0 saturated carbocycles. The van der Waals surface area contributed by atoms with Crippen LogP contribution in [0.15, 0.2) is 51.4 Å². The fourth-order valence-electron chi connectivity index (χ4n) is 1.41. The van der Waals surface area contributed by atoms with Gasteiger partial charge in [0.05, 0.1) is 4.47 Å². The molecule has 0 saturated heterocycles. The van der Waals surface area contributed by atoms with Crippen LogP contribution in [0.2, 0.25) is 0 Å². The van der Waals surface area contributed by atoms with Crippen LogP contribution in [-0.4, -0.2) is 0 Å². The molecule has 0 spiro atoms. The first-order chi connectivity index (χ1) is 8.16. The Labute approximate surface area is 117 Å². The maximum absolute atomic E-state index is 5.90. The van der Waals surface area contributed by atoms with Crippen LogP contribution >= 0.6 is 31.9 Å². The second-order valence-electron chi connectivity index (χ2n) is 3.56. The predicted molar refractivity (Wildman–Crippen MR) is 77.0 cm³/mol. The van der Waals surface area contributed by atoms with Gasteiger partial charge in [-0.2, -0.15) is 0 Å². The fourth-order valence-corrected chi connectivity index (χ4v) is 2.19. The van der Waals surface area contributed by atoms with E-state index in [1.165, 1.54) is 0 Å². The highest BCUT2D eigenvalue weighted by molar-refractivity contribution is 9.10. The summed E-state index contributed by atoms with van der Waals surface area (Å²) < 4.78 is 7.61. The normalized spacial score (nSPS) is 10.2. The van der Waals surface area contributed by atoms with Gasteiger partial charge in [0, 0.05) is 15.7 Å². The molecule has 0 radical (unpaired) electrons. The Balaban J connectivity index is 2.10. The van der Waals surface area contributed by atoms with Gasteiger partial charge in [0.2, 0.25) is 0 Å². The van der Waals surface area contributed by atoms with Crippen molar-refractivity contribution in [3.05, 3.63) is 57.0 Å². The van der Waals surface area contributed by atoms with Crippen molar-refractivity contribution in [2.24, 2.45) is 0 Å². The van der Waals surface area contributed by atoms with Crippen molar-refractivity contribution >= 4 is 37.5 Å². The minimum Gasteiger partial charge on any atom is -0.488 e. The summed E-state index contributed by atoms with van der Waals surface area (Å²) in [5, 5.41) is 0. The lowest BCUT2D eigenvalue weighted by atomic mass is 10.2. The Morgan fingerprint density at radius 1 is 1.06 bits per heavy atom. The molecule has 0 unspecified atom stereocenters. The SMILES string of the molecule is Nc1cc(Br)ccc1COc1ccccc1Br. The molecule has 0 bridgehead atoms. The third kappa shape index (κ3) is 3.23. The molecular weight excluding hydrogens is 346 g/mol. The summed E-state index contributed by atoms with van der Waals surface area (Å²) in [5.41, 5.74) is 7.61. The van der Waals surface area contributed by atoms with Gasteiger partial charge in [-0.05, 0) is 40.2 Å². The smallest absolute Gasteiger partial charge is 0.133 e. The number of anilines is 1. The van der Waals surface area contributed by atoms with Crippen molar-refractivity contribution in [2.45, 2.75) is 6.61 Å². The number of para-hydroxylation sites is 1. The van der Waals surface area contributed by atoms with Crippen molar-refractivity contribution in [3.63, 3.8) is 0 Å². The minimum atomic E-state index is 0.460. The molecular formula is C13H11Br2NO. The molecule has 0 aliphatic heterocycles. The Hall–Kier alpha value is -1.00. The summed E-state index contributed by atoms with van der Waals surface area (Å²) in [6.45, 7) is 0.460. The van der Waals surface area contributed by atoms with Crippen LogP contribution in [-0.2, 0) is 6.61 Å². The largest absolute Gasteiger partial charge is 0.488 e. The average molecular weight is 357 g/mol. The van der Waals surface area contributed by atoms with Crippen LogP contribution in [0.4, 0.5) is 5.69 Å². The second-order valence-corrected chi connectivity index (χ2v) is 5.33. The van der Waals surface area contributed by atoms with Gasteiger partial charge in [0.25, 0.3) is 0 Å². The summed E-state index contributed by atoms with van der Waals surface area (Å²) in [5.74, 6) is 0.815. The van der Waals surface area contributed by atoms with E-state index in [0.717, 1.165) is 25.9 Å². The zero-order valence-electron chi connectivity index (χ0n) is 8.99. The van der Waals surface area contributed by atoms with E-state index >= 15 is 0 Å². The first-order valence-corrected chi connectivity index (χ1v) is 6.66. The van der Waals surface area contributed by atoms with Gasteiger partial charge in [-0.3, -0.25) is 0 Å². The van der Waals surface area contributed by atoms with E-state index in [2.05, 4.69) is 31.9 Å². The van der Waals surface area contributed by atoms with Crippen molar-refractivity contribution < 1.29 is 4.74 Å². The van der Waals surface area contributed by atoms with E-state index in [1.54, 1.807) is 0 Å². The molecule has 4 heteroatoms. The molecule has 17 heavy (non-hydrogen) atoms.